The van der Waals surface area contributed by atoms with Gasteiger partial charge in [-0.05, 0) is 24.6 Å². The molecule has 4 heteroatoms. The van der Waals surface area contributed by atoms with Crippen molar-refractivity contribution in [3.05, 3.63) is 58.8 Å². The molecule has 2 aliphatic rings. The number of nitrogens with one attached hydrogen (secondary N) is 1. The molecule has 1 aliphatic carbocycles. The molecule has 1 fully saturated rings. The topological polar surface area (TPSA) is 46.2 Å². The van der Waals surface area contributed by atoms with E-state index in [4.69, 9.17) is 12.2 Å². The molecule has 1 aliphatic heterocycles. The third-order valence-corrected chi connectivity index (χ3v) is 4.04. The summed E-state index contributed by atoms with van der Waals surface area (Å²) in [6, 6.07) is 7.90. The standard InChI is InChI=1S/C16H13NO2S/c1-9-3-2-4-10(7-9)16(20)11-5-6-13(18)12-8-14(19)17-15(11)12/h2-7,12H,8H2,1H3,(H,17,19). The van der Waals surface area contributed by atoms with Crippen LogP contribution >= 0.6 is 12.2 Å². The molecular formula is C16H13NO2S. The molecule has 0 aromatic heterocycles. The number of amides is 1. The smallest absolute Gasteiger partial charge is 0.225 e. The molecule has 0 radical (unpaired) electrons. The summed E-state index contributed by atoms with van der Waals surface area (Å²) in [6.45, 7) is 2.00. The predicted molar refractivity (Wildman–Crippen MR) is 80.3 cm³/mol. The molecule has 1 amide bonds. The average Bonchev–Trinajstić information content (AvgIpc) is 2.81. The summed E-state index contributed by atoms with van der Waals surface area (Å²) < 4.78 is 0. The normalized spacial score (nSPS) is 20.9. The van der Waals surface area contributed by atoms with Crippen molar-refractivity contribution in [3.63, 3.8) is 0 Å². The van der Waals surface area contributed by atoms with Crippen molar-refractivity contribution in [1.29, 1.82) is 0 Å². The van der Waals surface area contributed by atoms with Gasteiger partial charge in [-0.15, -0.1) is 0 Å². The Balaban J connectivity index is 2.05. The maximum Gasteiger partial charge on any atom is 0.225 e. The van der Waals surface area contributed by atoms with Gasteiger partial charge in [0.2, 0.25) is 5.91 Å². The Hall–Kier alpha value is -2.07. The van der Waals surface area contributed by atoms with Gasteiger partial charge in [0.1, 0.15) is 0 Å². The summed E-state index contributed by atoms with van der Waals surface area (Å²) in [4.78, 5) is 24.0. The first-order chi connectivity index (χ1) is 9.56. The lowest BCUT2D eigenvalue weighted by Gasteiger charge is -2.17. The van der Waals surface area contributed by atoms with Crippen LogP contribution in [0.4, 0.5) is 0 Å². The molecule has 1 heterocycles. The Morgan fingerprint density at radius 1 is 1.30 bits per heavy atom. The number of thiocarbonyl (C=S) groups is 1. The van der Waals surface area contributed by atoms with Gasteiger partial charge in [-0.25, -0.2) is 0 Å². The third-order valence-electron chi connectivity index (χ3n) is 3.58. The van der Waals surface area contributed by atoms with Gasteiger partial charge in [-0.1, -0.05) is 42.0 Å². The fraction of sp³-hybridized carbons (Fsp3) is 0.188. The number of ketones is 1. The zero-order valence-electron chi connectivity index (χ0n) is 11.0. The lowest BCUT2D eigenvalue weighted by atomic mass is 9.88. The van der Waals surface area contributed by atoms with Crippen LogP contribution in [0.1, 0.15) is 17.5 Å². The summed E-state index contributed by atoms with van der Waals surface area (Å²) in [5.74, 6) is -0.536. The number of aryl methyl sites for hydroxylation is 1. The molecule has 0 saturated carbocycles. The highest BCUT2D eigenvalue weighted by Gasteiger charge is 2.36. The fourth-order valence-corrected chi connectivity index (χ4v) is 2.89. The van der Waals surface area contributed by atoms with Crippen LogP contribution in [0.5, 0.6) is 0 Å². The molecule has 1 N–H and O–H groups in total. The van der Waals surface area contributed by atoms with E-state index >= 15 is 0 Å². The summed E-state index contributed by atoms with van der Waals surface area (Å²) in [6.07, 6.45) is 3.45. The van der Waals surface area contributed by atoms with Crippen LogP contribution < -0.4 is 5.32 Å². The molecular weight excluding hydrogens is 270 g/mol. The van der Waals surface area contributed by atoms with Gasteiger partial charge >= 0.3 is 0 Å². The number of carbonyl (C=O) groups excluding carboxylic acids is 2. The molecule has 100 valence electrons. The van der Waals surface area contributed by atoms with Crippen LogP contribution in [0.2, 0.25) is 0 Å². The first kappa shape index (κ1) is 12.9. The summed E-state index contributed by atoms with van der Waals surface area (Å²) in [5.41, 5.74) is 3.50. The van der Waals surface area contributed by atoms with E-state index in [2.05, 4.69) is 5.32 Å². The number of allylic oxidation sites excluding steroid dienone is 4. The Morgan fingerprint density at radius 2 is 2.10 bits per heavy atom. The number of hydrogen-bond acceptors (Lipinski definition) is 3. The number of rotatable bonds is 2. The van der Waals surface area contributed by atoms with Gasteiger partial charge in [0, 0.05) is 17.7 Å². The molecule has 3 nitrogen and oxygen atoms in total. The second kappa shape index (κ2) is 4.80. The zero-order valence-corrected chi connectivity index (χ0v) is 11.8. The number of fused-ring (bicyclic) bond motifs is 1. The zero-order chi connectivity index (χ0) is 14.3. The van der Waals surface area contributed by atoms with Crippen LogP contribution in [0.3, 0.4) is 0 Å². The molecule has 1 saturated heterocycles. The summed E-state index contributed by atoms with van der Waals surface area (Å²) in [7, 11) is 0. The van der Waals surface area contributed by atoms with Crippen molar-refractivity contribution in [2.24, 2.45) is 5.92 Å². The maximum atomic E-state index is 11.8. The third kappa shape index (κ3) is 2.12. The molecule has 0 bridgehead atoms. The van der Waals surface area contributed by atoms with Crippen molar-refractivity contribution < 1.29 is 9.59 Å². The van der Waals surface area contributed by atoms with E-state index in [-0.39, 0.29) is 24.0 Å². The van der Waals surface area contributed by atoms with Crippen LogP contribution in [0, 0.1) is 12.8 Å². The Labute approximate surface area is 122 Å². The minimum absolute atomic E-state index is 0.0332. The van der Waals surface area contributed by atoms with Crippen LogP contribution in [0.25, 0.3) is 0 Å². The summed E-state index contributed by atoms with van der Waals surface area (Å²) in [5, 5.41) is 2.78. The molecule has 0 spiro atoms. The Bertz CT molecular complexity index is 700. The van der Waals surface area contributed by atoms with Crippen molar-refractivity contribution in [1.82, 2.24) is 5.32 Å². The lowest BCUT2D eigenvalue weighted by molar-refractivity contribution is -0.122. The fourth-order valence-electron chi connectivity index (χ4n) is 2.58. The maximum absolute atomic E-state index is 11.8. The Morgan fingerprint density at radius 3 is 2.85 bits per heavy atom. The highest BCUT2D eigenvalue weighted by Crippen LogP contribution is 2.30. The minimum Gasteiger partial charge on any atom is -0.328 e. The van der Waals surface area contributed by atoms with E-state index in [1.165, 1.54) is 6.08 Å². The number of carbonyl (C=O) groups is 2. The van der Waals surface area contributed by atoms with Crippen LogP contribution in [0.15, 0.2) is 47.7 Å². The lowest BCUT2D eigenvalue weighted by Crippen LogP contribution is -2.23. The second-order valence-corrected chi connectivity index (χ2v) is 5.47. The Kier molecular flexibility index (Phi) is 3.10. The molecule has 1 aromatic rings. The second-order valence-electron chi connectivity index (χ2n) is 5.07. The molecule has 1 atom stereocenters. The van der Waals surface area contributed by atoms with Gasteiger partial charge < -0.3 is 5.32 Å². The van der Waals surface area contributed by atoms with E-state index in [1.54, 1.807) is 6.08 Å². The van der Waals surface area contributed by atoms with Crippen LogP contribution in [-0.2, 0) is 9.59 Å². The molecule has 20 heavy (non-hydrogen) atoms. The van der Waals surface area contributed by atoms with Gasteiger partial charge in [0.15, 0.2) is 5.78 Å². The van der Waals surface area contributed by atoms with E-state index in [1.807, 2.05) is 31.2 Å². The van der Waals surface area contributed by atoms with E-state index in [0.717, 1.165) is 16.7 Å². The van der Waals surface area contributed by atoms with Gasteiger partial charge in [0.25, 0.3) is 0 Å². The van der Waals surface area contributed by atoms with Crippen LogP contribution in [-0.4, -0.2) is 16.6 Å². The van der Waals surface area contributed by atoms with Crippen molar-refractivity contribution >= 4 is 28.8 Å². The highest BCUT2D eigenvalue weighted by molar-refractivity contribution is 7.81. The van der Waals surface area contributed by atoms with Crippen molar-refractivity contribution in [3.8, 4) is 0 Å². The quantitative estimate of drug-likeness (QED) is 0.669. The molecule has 3 rings (SSSR count). The first-order valence-electron chi connectivity index (χ1n) is 6.43. The molecule has 1 unspecified atom stereocenters. The summed E-state index contributed by atoms with van der Waals surface area (Å²) >= 11 is 5.53. The number of hydrogen-bond donors (Lipinski definition) is 1. The monoisotopic (exact) mass is 283 g/mol. The first-order valence-corrected chi connectivity index (χ1v) is 6.84. The predicted octanol–water partition coefficient (Wildman–Crippen LogP) is 2.24. The molecule has 1 aromatic carbocycles. The van der Waals surface area contributed by atoms with E-state index < -0.39 is 0 Å². The van der Waals surface area contributed by atoms with E-state index in [0.29, 0.717) is 10.6 Å². The van der Waals surface area contributed by atoms with Crippen molar-refractivity contribution in [2.45, 2.75) is 13.3 Å². The minimum atomic E-state index is -0.384. The highest BCUT2D eigenvalue weighted by atomic mass is 32.1. The number of benzene rings is 1. The van der Waals surface area contributed by atoms with Gasteiger partial charge in [-0.2, -0.15) is 0 Å². The van der Waals surface area contributed by atoms with Crippen molar-refractivity contribution in [2.75, 3.05) is 0 Å². The SMILES string of the molecule is Cc1cccc(C(=S)C2=C3NC(=O)CC3C(=O)C=C2)c1. The van der Waals surface area contributed by atoms with E-state index in [9.17, 15) is 9.59 Å². The average molecular weight is 283 g/mol. The largest absolute Gasteiger partial charge is 0.328 e. The van der Waals surface area contributed by atoms with Gasteiger partial charge in [-0.3, -0.25) is 9.59 Å². The van der Waals surface area contributed by atoms with Gasteiger partial charge in [0.05, 0.1) is 10.8 Å².